The standard InChI is InChI=1S/C21H21ClF2O3S/c1-2-13-4-3-11-21(28(25,26)15-7-5-14(22)6-8-15)16(13)12-27-20-18(24)10-9-17(23)19(20)21/h5-10,13,16H,2-4,11-12H2,1H3/t13-,16?,21+/m0/s1. The number of fused-ring (bicyclic) bond motifs is 3. The van der Waals surface area contributed by atoms with Gasteiger partial charge in [-0.1, -0.05) is 31.4 Å². The lowest BCUT2D eigenvalue weighted by atomic mass is 9.66. The van der Waals surface area contributed by atoms with Gasteiger partial charge in [-0.05, 0) is 55.2 Å². The Balaban J connectivity index is 2.04. The zero-order chi connectivity index (χ0) is 20.1. The lowest BCUT2D eigenvalue weighted by Gasteiger charge is -2.50. The van der Waals surface area contributed by atoms with Crippen molar-refractivity contribution in [1.82, 2.24) is 0 Å². The third-order valence-electron chi connectivity index (χ3n) is 6.31. The Bertz CT molecular complexity index is 1010. The molecule has 1 heterocycles. The Kier molecular flexibility index (Phi) is 4.91. The number of ether oxygens (including phenoxy) is 1. The minimum absolute atomic E-state index is 0.0478. The molecule has 1 fully saturated rings. The van der Waals surface area contributed by atoms with Gasteiger partial charge in [0.2, 0.25) is 0 Å². The van der Waals surface area contributed by atoms with Crippen molar-refractivity contribution in [2.45, 2.75) is 42.2 Å². The summed E-state index contributed by atoms with van der Waals surface area (Å²) in [6.45, 7) is 2.05. The SMILES string of the molecule is CC[C@H]1CCC[C@]2(S(=O)(=O)c3ccc(Cl)cc3)c3c(F)ccc(F)c3OCC12. The summed E-state index contributed by atoms with van der Waals surface area (Å²) in [7, 11) is -4.04. The van der Waals surface area contributed by atoms with Crippen LogP contribution in [0.25, 0.3) is 0 Å². The molecular weight excluding hydrogens is 406 g/mol. The molecule has 2 aromatic rings. The molecule has 28 heavy (non-hydrogen) atoms. The first kappa shape index (κ1) is 19.6. The monoisotopic (exact) mass is 426 g/mol. The van der Waals surface area contributed by atoms with Gasteiger partial charge in [0.1, 0.15) is 10.6 Å². The molecule has 1 aliphatic heterocycles. The van der Waals surface area contributed by atoms with Gasteiger partial charge in [-0.15, -0.1) is 0 Å². The molecule has 4 rings (SSSR count). The van der Waals surface area contributed by atoms with Crippen molar-refractivity contribution in [2.24, 2.45) is 11.8 Å². The molecule has 7 heteroatoms. The summed E-state index contributed by atoms with van der Waals surface area (Å²) in [5.41, 5.74) is -0.156. The van der Waals surface area contributed by atoms with Gasteiger partial charge in [0.05, 0.1) is 17.1 Å². The Labute approximate surface area is 168 Å². The molecule has 3 atom stereocenters. The third kappa shape index (κ3) is 2.68. The van der Waals surface area contributed by atoms with Crippen LogP contribution in [0, 0.1) is 23.5 Å². The summed E-state index contributed by atoms with van der Waals surface area (Å²) in [6, 6.07) is 7.85. The van der Waals surface area contributed by atoms with Gasteiger partial charge in [-0.3, -0.25) is 0 Å². The molecule has 0 radical (unpaired) electrons. The smallest absolute Gasteiger partial charge is 0.188 e. The largest absolute Gasteiger partial charge is 0.490 e. The van der Waals surface area contributed by atoms with Gasteiger partial charge in [-0.25, -0.2) is 17.2 Å². The fourth-order valence-electron chi connectivity index (χ4n) is 5.00. The summed E-state index contributed by atoms with van der Waals surface area (Å²) < 4.78 is 61.5. The molecule has 1 aliphatic carbocycles. The fraction of sp³-hybridized carbons (Fsp3) is 0.429. The Hall–Kier alpha value is -1.66. The van der Waals surface area contributed by atoms with Crippen LogP contribution in [0.2, 0.25) is 5.02 Å². The van der Waals surface area contributed by atoms with Crippen LogP contribution in [0.5, 0.6) is 5.75 Å². The zero-order valence-corrected chi connectivity index (χ0v) is 17.0. The van der Waals surface area contributed by atoms with Gasteiger partial charge >= 0.3 is 0 Å². The number of halogens is 3. The molecule has 1 unspecified atom stereocenters. The van der Waals surface area contributed by atoms with E-state index in [0.29, 0.717) is 11.4 Å². The van der Waals surface area contributed by atoms with Crippen molar-refractivity contribution in [3.8, 4) is 5.75 Å². The fourth-order valence-corrected chi connectivity index (χ4v) is 7.57. The predicted molar refractivity (Wildman–Crippen MR) is 103 cm³/mol. The number of hydrogen-bond acceptors (Lipinski definition) is 3. The van der Waals surface area contributed by atoms with Crippen molar-refractivity contribution in [3.05, 3.63) is 58.6 Å². The number of rotatable bonds is 3. The first-order chi connectivity index (χ1) is 13.3. The topological polar surface area (TPSA) is 43.4 Å². The molecular formula is C21H21ClF2O3S. The summed E-state index contributed by atoms with van der Waals surface area (Å²) >= 11 is 5.93. The Morgan fingerprint density at radius 3 is 2.50 bits per heavy atom. The lowest BCUT2D eigenvalue weighted by molar-refractivity contribution is 0.0732. The van der Waals surface area contributed by atoms with Crippen LogP contribution in [0.4, 0.5) is 8.78 Å². The highest BCUT2D eigenvalue weighted by atomic mass is 35.5. The normalized spacial score (nSPS) is 26.9. The highest BCUT2D eigenvalue weighted by Gasteiger charge is 2.60. The number of sulfone groups is 1. The summed E-state index contributed by atoms with van der Waals surface area (Å²) in [6.07, 6.45) is 2.44. The first-order valence-electron chi connectivity index (χ1n) is 9.44. The van der Waals surface area contributed by atoms with Crippen molar-refractivity contribution in [1.29, 1.82) is 0 Å². The summed E-state index contributed by atoms with van der Waals surface area (Å²) in [5, 5.41) is 0.410. The molecule has 150 valence electrons. The van der Waals surface area contributed by atoms with E-state index in [4.69, 9.17) is 16.3 Å². The van der Waals surface area contributed by atoms with Crippen molar-refractivity contribution in [3.63, 3.8) is 0 Å². The van der Waals surface area contributed by atoms with Crippen LogP contribution < -0.4 is 4.74 Å². The minimum atomic E-state index is -4.04. The number of hydrogen-bond donors (Lipinski definition) is 0. The molecule has 3 nitrogen and oxygen atoms in total. The van der Waals surface area contributed by atoms with Gasteiger partial charge in [-0.2, -0.15) is 0 Å². The molecule has 2 aromatic carbocycles. The molecule has 0 bridgehead atoms. The molecule has 0 N–H and O–H groups in total. The van der Waals surface area contributed by atoms with E-state index in [1.54, 1.807) is 0 Å². The van der Waals surface area contributed by atoms with Gasteiger partial charge in [0.15, 0.2) is 21.4 Å². The predicted octanol–water partition coefficient (Wildman–Crippen LogP) is 5.51. The average Bonchev–Trinajstić information content (AvgIpc) is 2.69. The van der Waals surface area contributed by atoms with Crippen LogP contribution in [0.3, 0.4) is 0 Å². The lowest BCUT2D eigenvalue weighted by Crippen LogP contribution is -2.54. The van der Waals surface area contributed by atoms with Crippen molar-refractivity contribution in [2.75, 3.05) is 6.61 Å². The minimum Gasteiger partial charge on any atom is -0.490 e. The second kappa shape index (κ2) is 6.99. The van der Waals surface area contributed by atoms with Gasteiger partial charge in [0, 0.05) is 10.9 Å². The summed E-state index contributed by atoms with van der Waals surface area (Å²) in [5.74, 6) is -2.15. The molecule has 0 amide bonds. The van der Waals surface area contributed by atoms with E-state index in [2.05, 4.69) is 0 Å². The molecule has 0 aromatic heterocycles. The van der Waals surface area contributed by atoms with Crippen LogP contribution in [-0.2, 0) is 14.6 Å². The highest BCUT2D eigenvalue weighted by Crippen LogP contribution is 2.58. The second-order valence-electron chi connectivity index (χ2n) is 7.56. The zero-order valence-electron chi connectivity index (χ0n) is 15.4. The van der Waals surface area contributed by atoms with Crippen LogP contribution in [0.1, 0.15) is 38.2 Å². The van der Waals surface area contributed by atoms with E-state index in [0.717, 1.165) is 25.0 Å². The Morgan fingerprint density at radius 1 is 1.14 bits per heavy atom. The van der Waals surface area contributed by atoms with Crippen molar-refractivity contribution >= 4 is 21.4 Å². The van der Waals surface area contributed by atoms with Gasteiger partial charge in [0.25, 0.3) is 0 Å². The van der Waals surface area contributed by atoms with Crippen LogP contribution >= 0.6 is 11.6 Å². The third-order valence-corrected chi connectivity index (χ3v) is 9.12. The van der Waals surface area contributed by atoms with Crippen LogP contribution in [0.15, 0.2) is 41.3 Å². The highest BCUT2D eigenvalue weighted by molar-refractivity contribution is 7.92. The average molecular weight is 427 g/mol. The van der Waals surface area contributed by atoms with E-state index in [9.17, 15) is 12.8 Å². The molecule has 0 spiro atoms. The van der Waals surface area contributed by atoms with E-state index in [-0.39, 0.29) is 35.2 Å². The molecule has 0 saturated heterocycles. The molecule has 2 aliphatic rings. The van der Waals surface area contributed by atoms with E-state index in [1.807, 2.05) is 6.92 Å². The maximum absolute atomic E-state index is 15.1. The number of benzene rings is 2. The summed E-state index contributed by atoms with van der Waals surface area (Å²) in [4.78, 5) is 0.0650. The maximum atomic E-state index is 15.1. The Morgan fingerprint density at radius 2 is 1.82 bits per heavy atom. The van der Waals surface area contributed by atoms with E-state index < -0.39 is 32.1 Å². The van der Waals surface area contributed by atoms with E-state index in [1.165, 1.54) is 24.3 Å². The van der Waals surface area contributed by atoms with E-state index >= 15 is 4.39 Å². The van der Waals surface area contributed by atoms with Crippen molar-refractivity contribution < 1.29 is 21.9 Å². The first-order valence-corrected chi connectivity index (χ1v) is 11.3. The van der Waals surface area contributed by atoms with Gasteiger partial charge < -0.3 is 4.74 Å². The van der Waals surface area contributed by atoms with Crippen LogP contribution in [-0.4, -0.2) is 15.0 Å². The second-order valence-corrected chi connectivity index (χ2v) is 10.2. The maximum Gasteiger partial charge on any atom is 0.188 e. The molecule has 1 saturated carbocycles. The quantitative estimate of drug-likeness (QED) is 0.650.